The van der Waals surface area contributed by atoms with Crippen LogP contribution < -0.4 is 11.1 Å². The topological polar surface area (TPSA) is 114 Å². The lowest BCUT2D eigenvalue weighted by Crippen LogP contribution is -2.29. The number of fused-ring (bicyclic) bond motifs is 3. The fraction of sp³-hybridized carbons (Fsp3) is 0.0769. The molecule has 4 aromatic rings. The molecule has 1 unspecified atom stereocenters. The molecule has 0 saturated heterocycles. The minimum Gasteiger partial charge on any atom is -0.399 e. The Morgan fingerprint density at radius 1 is 1.09 bits per heavy atom. The number of halogens is 1. The monoisotopic (exact) mass is 451 g/mol. The maximum Gasteiger partial charge on any atom is 0.249 e. The van der Waals surface area contributed by atoms with E-state index in [2.05, 4.69) is 10.4 Å². The summed E-state index contributed by atoms with van der Waals surface area (Å²) in [6.45, 7) is 0. The Kier molecular flexibility index (Phi) is 5.15. The van der Waals surface area contributed by atoms with Crippen LogP contribution in [0.2, 0.25) is 0 Å². The van der Waals surface area contributed by atoms with Crippen LogP contribution in [0.1, 0.15) is 21.6 Å². The van der Waals surface area contributed by atoms with E-state index in [0.717, 1.165) is 16.8 Å². The van der Waals surface area contributed by atoms with Crippen molar-refractivity contribution in [1.82, 2.24) is 9.78 Å². The van der Waals surface area contributed by atoms with Gasteiger partial charge in [0.2, 0.25) is 11.7 Å². The Balaban J connectivity index is 1.56. The Morgan fingerprint density at radius 2 is 1.82 bits per heavy atom. The third kappa shape index (κ3) is 3.59. The first-order valence-corrected chi connectivity index (χ1v) is 10.5. The highest BCUT2D eigenvalue weighted by atomic mass is 19.1. The number of carbonyl (C=O) groups is 2. The van der Waals surface area contributed by atoms with Crippen molar-refractivity contribution < 1.29 is 14.0 Å². The number of ketones is 1. The van der Waals surface area contributed by atoms with Crippen molar-refractivity contribution in [1.29, 1.82) is 5.26 Å². The smallest absolute Gasteiger partial charge is 0.249 e. The number of amides is 1. The number of hydrogen-bond acceptors (Lipinski definition) is 5. The van der Waals surface area contributed by atoms with E-state index in [9.17, 15) is 19.2 Å². The molecule has 0 radical (unpaired) electrons. The summed E-state index contributed by atoms with van der Waals surface area (Å²) in [6, 6.07) is 21.7. The van der Waals surface area contributed by atoms with E-state index in [-0.39, 0.29) is 11.4 Å². The molecule has 1 aromatic heterocycles. The maximum absolute atomic E-state index is 13.4. The number of anilines is 2. The van der Waals surface area contributed by atoms with E-state index in [0.29, 0.717) is 23.4 Å². The summed E-state index contributed by atoms with van der Waals surface area (Å²) in [7, 11) is 0. The molecule has 0 saturated carbocycles. The van der Waals surface area contributed by atoms with Gasteiger partial charge in [0.1, 0.15) is 11.5 Å². The number of Topliss-reactive ketones (excluding diaryl/α,β-unsaturated/α-hetero) is 1. The van der Waals surface area contributed by atoms with Crippen LogP contribution in [-0.2, 0) is 11.2 Å². The molecule has 166 valence electrons. The quantitative estimate of drug-likeness (QED) is 0.237. The van der Waals surface area contributed by atoms with Crippen LogP contribution in [0.25, 0.3) is 16.9 Å². The van der Waals surface area contributed by atoms with Gasteiger partial charge in [-0.05, 0) is 54.1 Å². The number of nitrogens with one attached hydrogen (secondary N) is 1. The first-order valence-electron chi connectivity index (χ1n) is 10.5. The number of nitrogens with two attached hydrogens (primary N) is 1. The minimum absolute atomic E-state index is 0.0643. The molecule has 1 aliphatic rings. The van der Waals surface area contributed by atoms with Gasteiger partial charge >= 0.3 is 0 Å². The van der Waals surface area contributed by atoms with Gasteiger partial charge in [-0.2, -0.15) is 10.4 Å². The fourth-order valence-electron chi connectivity index (χ4n) is 4.13. The number of nitrogen functional groups attached to an aromatic ring is 1. The van der Waals surface area contributed by atoms with Crippen LogP contribution >= 0.6 is 0 Å². The molecule has 1 aliphatic carbocycles. The molecule has 0 aliphatic heterocycles. The summed E-state index contributed by atoms with van der Waals surface area (Å²) in [5, 5.41) is 16.7. The molecule has 8 heteroatoms. The highest BCUT2D eigenvalue weighted by Gasteiger charge is 2.36. The zero-order valence-corrected chi connectivity index (χ0v) is 17.8. The fourth-order valence-corrected chi connectivity index (χ4v) is 4.13. The van der Waals surface area contributed by atoms with Crippen molar-refractivity contribution in [3.63, 3.8) is 0 Å². The Morgan fingerprint density at radius 3 is 2.53 bits per heavy atom. The number of rotatable bonds is 5. The number of para-hydroxylation sites is 1. The number of benzene rings is 3. The molecule has 1 heterocycles. The number of nitrogens with zero attached hydrogens (tertiary/aromatic N) is 3. The lowest BCUT2D eigenvalue weighted by atomic mass is 9.98. The van der Waals surface area contributed by atoms with Crippen LogP contribution in [0.5, 0.6) is 0 Å². The van der Waals surface area contributed by atoms with Gasteiger partial charge in [-0.3, -0.25) is 9.59 Å². The third-order valence-electron chi connectivity index (χ3n) is 5.74. The number of carbonyl (C=O) groups excluding carboxylic acids is 2. The molecule has 1 atom stereocenters. The lowest BCUT2D eigenvalue weighted by Gasteiger charge is -2.10. The Bertz CT molecular complexity index is 1470. The number of hydrogen-bond donors (Lipinski definition) is 2. The van der Waals surface area contributed by atoms with Gasteiger partial charge in [-0.15, -0.1) is 0 Å². The second-order valence-corrected chi connectivity index (χ2v) is 7.94. The third-order valence-corrected chi connectivity index (χ3v) is 5.74. The summed E-state index contributed by atoms with van der Waals surface area (Å²) in [5.74, 6) is -3.59. The van der Waals surface area contributed by atoms with Crippen LogP contribution in [0.3, 0.4) is 0 Å². The molecule has 0 bridgehead atoms. The molecule has 5 rings (SSSR count). The second-order valence-electron chi connectivity index (χ2n) is 7.94. The SMILES string of the molecule is N#CC(C(=O)Nc1ccc(F)cc1)C(=O)c1nn(-c2ccccc2)c2c1Cc1ccc(N)cc1-2. The molecule has 0 fully saturated rings. The standard InChI is InChI=1S/C26H18FN5O2/c27-16-7-10-18(11-8-16)30-26(34)22(14-28)25(33)23-21-12-15-6-9-17(29)13-20(15)24(21)32(31-23)19-4-2-1-3-5-19/h1-11,13,22H,12,29H2,(H,30,34). The van der Waals surface area contributed by atoms with Crippen LogP contribution in [0, 0.1) is 23.1 Å². The molecular weight excluding hydrogens is 433 g/mol. The van der Waals surface area contributed by atoms with Crippen molar-refractivity contribution in [2.24, 2.45) is 5.92 Å². The van der Waals surface area contributed by atoms with Gasteiger partial charge in [-0.1, -0.05) is 24.3 Å². The van der Waals surface area contributed by atoms with Crippen LogP contribution in [0.4, 0.5) is 15.8 Å². The second kappa shape index (κ2) is 8.30. The largest absolute Gasteiger partial charge is 0.399 e. The van der Waals surface area contributed by atoms with E-state index < -0.39 is 23.4 Å². The zero-order valence-electron chi connectivity index (χ0n) is 17.8. The predicted octanol–water partition coefficient (Wildman–Crippen LogP) is 4.13. The van der Waals surface area contributed by atoms with Crippen molar-refractivity contribution >= 4 is 23.1 Å². The Hall–Kier alpha value is -4.77. The summed E-state index contributed by atoms with van der Waals surface area (Å²) in [4.78, 5) is 26.2. The van der Waals surface area contributed by atoms with Crippen molar-refractivity contribution in [2.45, 2.75) is 6.42 Å². The molecule has 3 aromatic carbocycles. The van der Waals surface area contributed by atoms with Crippen LogP contribution in [-0.4, -0.2) is 21.5 Å². The van der Waals surface area contributed by atoms with E-state index in [1.165, 1.54) is 24.3 Å². The average molecular weight is 451 g/mol. The van der Waals surface area contributed by atoms with Gasteiger partial charge < -0.3 is 11.1 Å². The molecule has 1 amide bonds. The van der Waals surface area contributed by atoms with E-state index in [1.54, 1.807) is 16.8 Å². The average Bonchev–Trinajstić information content (AvgIpc) is 3.39. The van der Waals surface area contributed by atoms with Crippen molar-refractivity contribution in [3.05, 3.63) is 95.4 Å². The summed E-state index contributed by atoms with van der Waals surface area (Å²) >= 11 is 0. The van der Waals surface area contributed by atoms with Crippen LogP contribution in [0.15, 0.2) is 72.8 Å². The van der Waals surface area contributed by atoms with Gasteiger partial charge in [0, 0.05) is 28.9 Å². The summed E-state index contributed by atoms with van der Waals surface area (Å²) in [6.07, 6.45) is 0.427. The molecule has 34 heavy (non-hydrogen) atoms. The van der Waals surface area contributed by atoms with E-state index in [1.807, 2.05) is 42.5 Å². The van der Waals surface area contributed by atoms with E-state index in [4.69, 9.17) is 5.73 Å². The minimum atomic E-state index is -1.62. The van der Waals surface area contributed by atoms with E-state index >= 15 is 0 Å². The maximum atomic E-state index is 13.4. The first-order chi connectivity index (χ1) is 16.5. The lowest BCUT2D eigenvalue weighted by molar-refractivity contribution is -0.117. The van der Waals surface area contributed by atoms with Crippen molar-refractivity contribution in [3.8, 4) is 23.0 Å². The number of nitriles is 1. The van der Waals surface area contributed by atoms with Gasteiger partial charge in [0.25, 0.3) is 0 Å². The van der Waals surface area contributed by atoms with Gasteiger partial charge in [0.15, 0.2) is 5.92 Å². The van der Waals surface area contributed by atoms with Gasteiger partial charge in [-0.25, -0.2) is 9.07 Å². The molecule has 3 N–H and O–H groups in total. The van der Waals surface area contributed by atoms with Gasteiger partial charge in [0.05, 0.1) is 17.5 Å². The highest BCUT2D eigenvalue weighted by Crippen LogP contribution is 2.41. The zero-order chi connectivity index (χ0) is 23.8. The summed E-state index contributed by atoms with van der Waals surface area (Å²) in [5.41, 5.74) is 10.9. The molecule has 7 nitrogen and oxygen atoms in total. The first kappa shape index (κ1) is 21.1. The summed E-state index contributed by atoms with van der Waals surface area (Å²) < 4.78 is 14.8. The number of aromatic nitrogens is 2. The normalized spacial score (nSPS) is 12.4. The predicted molar refractivity (Wildman–Crippen MR) is 125 cm³/mol. The Labute approximate surface area is 194 Å². The highest BCUT2D eigenvalue weighted by molar-refractivity contribution is 6.16. The molecular formula is C26H18FN5O2. The van der Waals surface area contributed by atoms with Crippen molar-refractivity contribution in [2.75, 3.05) is 11.1 Å². The molecule has 0 spiro atoms.